The molecule has 7 heteroatoms. The van der Waals surface area contributed by atoms with E-state index in [9.17, 15) is 22.8 Å². The normalized spacial score (nSPS) is 15.9. The molecule has 1 aliphatic heterocycles. The Labute approximate surface area is 190 Å². The molecule has 33 heavy (non-hydrogen) atoms. The zero-order valence-electron chi connectivity index (χ0n) is 18.3. The molecule has 0 aromatic heterocycles. The molecule has 0 aliphatic carbocycles. The van der Waals surface area contributed by atoms with Gasteiger partial charge in [-0.15, -0.1) is 0 Å². The summed E-state index contributed by atoms with van der Waals surface area (Å²) in [6.07, 6.45) is -3.92. The number of hydrogen-bond donors (Lipinski definition) is 0. The number of carbonyl (C=O) groups is 2. The van der Waals surface area contributed by atoms with E-state index in [1.54, 1.807) is 13.8 Å². The van der Waals surface area contributed by atoms with Crippen LogP contribution in [0.3, 0.4) is 0 Å². The topological polar surface area (TPSA) is 40.6 Å². The van der Waals surface area contributed by atoms with Crippen molar-refractivity contribution in [3.63, 3.8) is 0 Å². The largest absolute Gasteiger partial charge is 0.416 e. The van der Waals surface area contributed by atoms with Crippen molar-refractivity contribution < 1.29 is 22.8 Å². The highest BCUT2D eigenvalue weighted by atomic mass is 19.4. The molecule has 0 spiro atoms. The fourth-order valence-electron chi connectivity index (χ4n) is 4.02. The van der Waals surface area contributed by atoms with Gasteiger partial charge >= 0.3 is 12.2 Å². The van der Waals surface area contributed by atoms with Gasteiger partial charge in [-0.1, -0.05) is 60.7 Å². The third-order valence-corrected chi connectivity index (χ3v) is 5.94. The third kappa shape index (κ3) is 4.35. The Morgan fingerprint density at radius 1 is 0.818 bits per heavy atom. The van der Waals surface area contributed by atoms with Crippen LogP contribution < -0.4 is 4.90 Å². The zero-order chi connectivity index (χ0) is 23.8. The summed E-state index contributed by atoms with van der Waals surface area (Å²) in [6, 6.07) is 21.2. The predicted molar refractivity (Wildman–Crippen MR) is 120 cm³/mol. The van der Waals surface area contributed by atoms with Gasteiger partial charge in [0.1, 0.15) is 5.54 Å². The number of rotatable bonds is 5. The van der Waals surface area contributed by atoms with E-state index in [-0.39, 0.29) is 12.2 Å². The minimum absolute atomic E-state index is 0.0898. The SMILES string of the molecule is CC1(C)C(=O)N(c2cccc(C(F)(F)F)c2)C(=O)N1Cc1ccccc1Cc1ccccc1. The van der Waals surface area contributed by atoms with Crippen LogP contribution in [0.15, 0.2) is 78.9 Å². The van der Waals surface area contributed by atoms with Crippen molar-refractivity contribution in [2.45, 2.75) is 38.5 Å². The van der Waals surface area contributed by atoms with E-state index in [0.29, 0.717) is 6.42 Å². The number of hydrogen-bond acceptors (Lipinski definition) is 2. The van der Waals surface area contributed by atoms with Crippen LogP contribution in [0.5, 0.6) is 0 Å². The first-order valence-electron chi connectivity index (χ1n) is 10.5. The van der Waals surface area contributed by atoms with Gasteiger partial charge in [-0.2, -0.15) is 13.2 Å². The first kappa shape index (κ1) is 22.6. The minimum Gasteiger partial charge on any atom is -0.305 e. The van der Waals surface area contributed by atoms with E-state index in [2.05, 4.69) is 0 Å². The molecular weight excluding hydrogens is 429 g/mol. The molecule has 1 saturated heterocycles. The molecule has 3 aromatic carbocycles. The summed E-state index contributed by atoms with van der Waals surface area (Å²) in [5, 5.41) is 0. The van der Waals surface area contributed by atoms with Gasteiger partial charge in [0.15, 0.2) is 0 Å². The van der Waals surface area contributed by atoms with Crippen molar-refractivity contribution in [1.82, 2.24) is 4.90 Å². The number of imide groups is 1. The van der Waals surface area contributed by atoms with E-state index in [0.717, 1.165) is 33.7 Å². The number of anilines is 1. The first-order chi connectivity index (χ1) is 15.6. The summed E-state index contributed by atoms with van der Waals surface area (Å²) in [5.74, 6) is -0.563. The summed E-state index contributed by atoms with van der Waals surface area (Å²) < 4.78 is 39.6. The van der Waals surface area contributed by atoms with Crippen LogP contribution in [0.1, 0.15) is 36.1 Å². The van der Waals surface area contributed by atoms with Gasteiger partial charge in [0.05, 0.1) is 11.3 Å². The van der Waals surface area contributed by atoms with E-state index < -0.39 is 29.2 Å². The maximum absolute atomic E-state index is 13.3. The highest BCUT2D eigenvalue weighted by Gasteiger charge is 2.52. The molecule has 0 bridgehead atoms. The number of alkyl halides is 3. The molecule has 0 saturated carbocycles. The average Bonchev–Trinajstić information content (AvgIpc) is 2.94. The molecule has 0 N–H and O–H groups in total. The predicted octanol–water partition coefficient (Wildman–Crippen LogP) is 6.04. The van der Waals surface area contributed by atoms with Crippen LogP contribution in [0.4, 0.5) is 23.7 Å². The second-order valence-electron chi connectivity index (χ2n) is 8.55. The van der Waals surface area contributed by atoms with Crippen LogP contribution >= 0.6 is 0 Å². The maximum Gasteiger partial charge on any atom is 0.416 e. The van der Waals surface area contributed by atoms with Gasteiger partial charge in [-0.3, -0.25) is 4.79 Å². The van der Waals surface area contributed by atoms with Gasteiger partial charge in [-0.05, 0) is 55.2 Å². The van der Waals surface area contributed by atoms with Crippen molar-refractivity contribution in [3.8, 4) is 0 Å². The van der Waals surface area contributed by atoms with Crippen LogP contribution in [0.2, 0.25) is 0 Å². The fraction of sp³-hybridized carbons (Fsp3) is 0.231. The first-order valence-corrected chi connectivity index (χ1v) is 10.5. The fourth-order valence-corrected chi connectivity index (χ4v) is 4.02. The van der Waals surface area contributed by atoms with Gasteiger partial charge in [-0.25, -0.2) is 9.69 Å². The van der Waals surface area contributed by atoms with E-state index >= 15 is 0 Å². The van der Waals surface area contributed by atoms with Crippen LogP contribution in [-0.2, 0) is 23.9 Å². The summed E-state index contributed by atoms with van der Waals surface area (Å²) in [5.41, 5.74) is 0.779. The molecule has 1 heterocycles. The van der Waals surface area contributed by atoms with Gasteiger partial charge in [0, 0.05) is 6.54 Å². The lowest BCUT2D eigenvalue weighted by molar-refractivity contribution is -0.137. The monoisotopic (exact) mass is 452 g/mol. The molecule has 3 amide bonds. The summed E-state index contributed by atoms with van der Waals surface area (Å²) in [6.45, 7) is 3.39. The second-order valence-corrected chi connectivity index (χ2v) is 8.55. The summed E-state index contributed by atoms with van der Waals surface area (Å²) in [4.78, 5) is 28.7. The Bertz CT molecular complexity index is 1190. The maximum atomic E-state index is 13.3. The highest BCUT2D eigenvalue weighted by molar-refractivity contribution is 6.22. The van der Waals surface area contributed by atoms with Crippen LogP contribution in [0, 0.1) is 0 Å². The zero-order valence-corrected chi connectivity index (χ0v) is 18.3. The molecule has 170 valence electrons. The Kier molecular flexibility index (Phi) is 5.74. The van der Waals surface area contributed by atoms with Crippen LogP contribution in [0.25, 0.3) is 0 Å². The number of benzene rings is 3. The molecule has 0 radical (unpaired) electrons. The van der Waals surface area contributed by atoms with Crippen molar-refractivity contribution in [2.75, 3.05) is 4.90 Å². The minimum atomic E-state index is -4.58. The van der Waals surface area contributed by atoms with E-state index in [1.807, 2.05) is 54.6 Å². The molecule has 3 aromatic rings. The number of nitrogens with zero attached hydrogens (tertiary/aromatic N) is 2. The second kappa shape index (κ2) is 8.39. The molecule has 1 aliphatic rings. The highest BCUT2D eigenvalue weighted by Crippen LogP contribution is 2.37. The third-order valence-electron chi connectivity index (χ3n) is 5.94. The van der Waals surface area contributed by atoms with Crippen LogP contribution in [-0.4, -0.2) is 22.4 Å². The molecule has 0 atom stereocenters. The van der Waals surface area contributed by atoms with Gasteiger partial charge in [0.2, 0.25) is 0 Å². The quantitative estimate of drug-likeness (QED) is 0.443. The number of urea groups is 1. The van der Waals surface area contributed by atoms with Crippen molar-refractivity contribution in [3.05, 3.63) is 101 Å². The average molecular weight is 452 g/mol. The molecular formula is C26H23F3N2O2. The van der Waals surface area contributed by atoms with Gasteiger partial charge < -0.3 is 4.90 Å². The smallest absolute Gasteiger partial charge is 0.305 e. The number of halogens is 3. The number of amides is 3. The molecule has 1 fully saturated rings. The standard InChI is InChI=1S/C26H23F3N2O2/c1-25(2)23(32)31(22-14-8-13-21(16-22)26(27,28)29)24(33)30(25)17-20-12-7-6-11-19(20)15-18-9-4-3-5-10-18/h3-14,16H,15,17H2,1-2H3. The summed E-state index contributed by atoms with van der Waals surface area (Å²) in [7, 11) is 0. The summed E-state index contributed by atoms with van der Waals surface area (Å²) >= 11 is 0. The molecule has 0 unspecified atom stereocenters. The molecule has 4 rings (SSSR count). The Morgan fingerprint density at radius 2 is 1.45 bits per heavy atom. The van der Waals surface area contributed by atoms with Crippen molar-refractivity contribution in [2.24, 2.45) is 0 Å². The lowest BCUT2D eigenvalue weighted by Crippen LogP contribution is -2.43. The Balaban J connectivity index is 1.65. The van der Waals surface area contributed by atoms with Crippen molar-refractivity contribution >= 4 is 17.6 Å². The van der Waals surface area contributed by atoms with Crippen molar-refractivity contribution in [1.29, 1.82) is 0 Å². The Morgan fingerprint density at radius 3 is 2.12 bits per heavy atom. The van der Waals surface area contributed by atoms with Gasteiger partial charge in [0.25, 0.3) is 5.91 Å². The Hall–Kier alpha value is -3.61. The van der Waals surface area contributed by atoms with E-state index in [4.69, 9.17) is 0 Å². The number of carbonyl (C=O) groups excluding carboxylic acids is 2. The lowest BCUT2D eigenvalue weighted by Gasteiger charge is -2.28. The molecule has 4 nitrogen and oxygen atoms in total. The lowest BCUT2D eigenvalue weighted by atomic mass is 9.97. The van der Waals surface area contributed by atoms with E-state index in [1.165, 1.54) is 17.0 Å².